The van der Waals surface area contributed by atoms with E-state index in [4.69, 9.17) is 4.74 Å². The van der Waals surface area contributed by atoms with E-state index in [1.807, 2.05) is 17.5 Å². The van der Waals surface area contributed by atoms with Gasteiger partial charge in [-0.15, -0.1) is 11.3 Å². The van der Waals surface area contributed by atoms with Crippen LogP contribution in [0.2, 0.25) is 0 Å². The number of sulfonamides is 1. The molecule has 2 aromatic rings. The summed E-state index contributed by atoms with van der Waals surface area (Å²) in [6.45, 7) is 0.283. The van der Waals surface area contributed by atoms with E-state index in [2.05, 4.69) is 0 Å². The number of likely N-dealkylation sites (N-methyl/N-ethyl adjacent to an activating group) is 1. The third-order valence-electron chi connectivity index (χ3n) is 4.81. The van der Waals surface area contributed by atoms with Crippen LogP contribution in [-0.2, 0) is 30.9 Å². The van der Waals surface area contributed by atoms with Crippen molar-refractivity contribution in [3.63, 3.8) is 0 Å². The van der Waals surface area contributed by atoms with E-state index in [0.29, 0.717) is 19.4 Å². The van der Waals surface area contributed by atoms with Crippen molar-refractivity contribution in [2.45, 2.75) is 36.7 Å². The maximum Gasteiger partial charge on any atom is 0.324 e. The minimum Gasteiger partial charge on any atom is -0.454 e. The molecule has 1 aliphatic rings. The monoisotopic (exact) mass is 436 g/mol. The molecule has 1 saturated heterocycles. The topological polar surface area (TPSA) is 84.0 Å². The van der Waals surface area contributed by atoms with Crippen LogP contribution in [0.25, 0.3) is 0 Å². The zero-order chi connectivity index (χ0) is 20.9. The Balaban J connectivity index is 1.63. The van der Waals surface area contributed by atoms with Crippen molar-refractivity contribution in [3.8, 4) is 0 Å². The highest BCUT2D eigenvalue weighted by Gasteiger charge is 2.38. The average Bonchev–Trinajstić information content (AvgIpc) is 3.25. The van der Waals surface area contributed by atoms with Gasteiger partial charge in [-0.2, -0.15) is 4.31 Å². The fourth-order valence-corrected chi connectivity index (χ4v) is 5.64. The van der Waals surface area contributed by atoms with Gasteiger partial charge in [0.15, 0.2) is 6.61 Å². The molecule has 3 rings (SSSR count). The highest BCUT2D eigenvalue weighted by atomic mass is 32.2. The zero-order valence-corrected chi connectivity index (χ0v) is 17.8. The van der Waals surface area contributed by atoms with Gasteiger partial charge < -0.3 is 9.64 Å². The fraction of sp³-hybridized carbons (Fsp3) is 0.400. The van der Waals surface area contributed by atoms with Crippen molar-refractivity contribution < 1.29 is 22.7 Å². The largest absolute Gasteiger partial charge is 0.454 e. The number of ether oxygens (including phenoxy) is 1. The molecule has 0 bridgehead atoms. The third kappa shape index (κ3) is 5.23. The first kappa shape index (κ1) is 21.5. The summed E-state index contributed by atoms with van der Waals surface area (Å²) >= 11 is 1.54. The van der Waals surface area contributed by atoms with Gasteiger partial charge in [0.1, 0.15) is 6.04 Å². The Kier molecular flexibility index (Phi) is 7.05. The molecule has 1 aromatic heterocycles. The van der Waals surface area contributed by atoms with Gasteiger partial charge in [0.05, 0.1) is 11.4 Å². The second-order valence-electron chi connectivity index (χ2n) is 6.88. The van der Waals surface area contributed by atoms with Crippen LogP contribution in [0.4, 0.5) is 0 Å². The molecule has 0 spiro atoms. The van der Waals surface area contributed by atoms with Crippen LogP contribution in [0.1, 0.15) is 24.1 Å². The molecule has 0 saturated carbocycles. The van der Waals surface area contributed by atoms with Crippen LogP contribution in [0.15, 0.2) is 52.7 Å². The number of hydrogen-bond donors (Lipinski definition) is 0. The smallest absolute Gasteiger partial charge is 0.324 e. The van der Waals surface area contributed by atoms with Gasteiger partial charge in [0, 0.05) is 18.5 Å². The maximum absolute atomic E-state index is 13.0. The molecule has 1 unspecified atom stereocenters. The molecular formula is C20H24N2O5S2. The summed E-state index contributed by atoms with van der Waals surface area (Å²) in [4.78, 5) is 27.6. The predicted molar refractivity (Wildman–Crippen MR) is 110 cm³/mol. The second-order valence-corrected chi connectivity index (χ2v) is 9.80. The third-order valence-corrected chi connectivity index (χ3v) is 7.60. The normalized spacial score (nSPS) is 17.6. The summed E-state index contributed by atoms with van der Waals surface area (Å²) in [5, 5.41) is 1.93. The Morgan fingerprint density at radius 1 is 1.17 bits per heavy atom. The Morgan fingerprint density at radius 2 is 1.93 bits per heavy atom. The molecular weight excluding hydrogens is 412 g/mol. The Labute approximate surface area is 174 Å². The molecule has 0 N–H and O–H groups in total. The Bertz CT molecular complexity index is 929. The van der Waals surface area contributed by atoms with Gasteiger partial charge in [-0.1, -0.05) is 24.3 Å². The molecule has 1 amide bonds. The first-order valence-electron chi connectivity index (χ1n) is 9.39. The number of carbonyl (C=O) groups is 2. The van der Waals surface area contributed by atoms with Gasteiger partial charge in [0.25, 0.3) is 5.91 Å². The minimum atomic E-state index is -3.81. The van der Waals surface area contributed by atoms with E-state index in [1.165, 1.54) is 21.3 Å². The van der Waals surface area contributed by atoms with Crippen LogP contribution < -0.4 is 0 Å². The standard InChI is InChI=1S/C20H24N2O5S2/c1-21(14-16-8-7-13-28-16)19(23)15-27-20(24)18-11-5-6-12-22(18)29(25,26)17-9-3-2-4-10-17/h2-4,7-10,13,18H,5-6,11-12,14-15H2,1H3. The van der Waals surface area contributed by atoms with Crippen LogP contribution >= 0.6 is 11.3 Å². The number of piperidine rings is 1. The Morgan fingerprint density at radius 3 is 2.62 bits per heavy atom. The predicted octanol–water partition coefficient (Wildman–Crippen LogP) is 2.49. The van der Waals surface area contributed by atoms with Crippen molar-refractivity contribution in [3.05, 3.63) is 52.7 Å². The molecule has 0 radical (unpaired) electrons. The molecule has 1 aliphatic heterocycles. The maximum atomic E-state index is 13.0. The van der Waals surface area contributed by atoms with Crippen LogP contribution in [0, 0.1) is 0 Å². The summed E-state index contributed by atoms with van der Waals surface area (Å²) in [5.41, 5.74) is 0. The van der Waals surface area contributed by atoms with Crippen molar-refractivity contribution in [2.24, 2.45) is 0 Å². The van der Waals surface area contributed by atoms with Crippen molar-refractivity contribution in [1.29, 1.82) is 0 Å². The lowest BCUT2D eigenvalue weighted by molar-refractivity contribution is -0.155. The van der Waals surface area contributed by atoms with Gasteiger partial charge in [-0.25, -0.2) is 8.42 Å². The van der Waals surface area contributed by atoms with E-state index in [-0.39, 0.29) is 17.3 Å². The number of carbonyl (C=O) groups excluding carboxylic acids is 2. The Hall–Kier alpha value is -2.23. The summed E-state index contributed by atoms with van der Waals surface area (Å²) in [5.74, 6) is -1.01. The van der Waals surface area contributed by atoms with Crippen LogP contribution in [0.3, 0.4) is 0 Å². The number of esters is 1. The van der Waals surface area contributed by atoms with Crippen molar-refractivity contribution in [1.82, 2.24) is 9.21 Å². The average molecular weight is 437 g/mol. The van der Waals surface area contributed by atoms with E-state index < -0.39 is 28.6 Å². The summed E-state index contributed by atoms with van der Waals surface area (Å²) in [6, 6.07) is 11.0. The lowest BCUT2D eigenvalue weighted by atomic mass is 10.1. The summed E-state index contributed by atoms with van der Waals surface area (Å²) < 4.78 is 32.4. The summed E-state index contributed by atoms with van der Waals surface area (Å²) in [7, 11) is -2.17. The van der Waals surface area contributed by atoms with Gasteiger partial charge >= 0.3 is 5.97 Å². The highest BCUT2D eigenvalue weighted by molar-refractivity contribution is 7.89. The molecule has 29 heavy (non-hydrogen) atoms. The van der Waals surface area contributed by atoms with E-state index in [1.54, 1.807) is 36.6 Å². The number of amides is 1. The summed E-state index contributed by atoms with van der Waals surface area (Å²) in [6.07, 6.45) is 1.79. The molecule has 1 fully saturated rings. The van der Waals surface area contributed by atoms with Crippen molar-refractivity contribution >= 4 is 33.2 Å². The number of nitrogens with zero attached hydrogens (tertiary/aromatic N) is 2. The number of hydrogen-bond acceptors (Lipinski definition) is 6. The molecule has 7 nitrogen and oxygen atoms in total. The molecule has 1 atom stereocenters. The number of benzene rings is 1. The van der Waals surface area contributed by atoms with Gasteiger partial charge in [-0.3, -0.25) is 9.59 Å². The fourth-order valence-electron chi connectivity index (χ4n) is 3.22. The lowest BCUT2D eigenvalue weighted by Gasteiger charge is -2.33. The van der Waals surface area contributed by atoms with E-state index in [9.17, 15) is 18.0 Å². The molecule has 1 aromatic carbocycles. The van der Waals surface area contributed by atoms with Crippen LogP contribution in [0.5, 0.6) is 0 Å². The van der Waals surface area contributed by atoms with Gasteiger partial charge in [0.2, 0.25) is 10.0 Å². The van der Waals surface area contributed by atoms with Crippen molar-refractivity contribution in [2.75, 3.05) is 20.2 Å². The molecule has 9 heteroatoms. The zero-order valence-electron chi connectivity index (χ0n) is 16.2. The second kappa shape index (κ2) is 9.51. The van der Waals surface area contributed by atoms with E-state index in [0.717, 1.165) is 11.3 Å². The van der Waals surface area contributed by atoms with Gasteiger partial charge in [-0.05, 0) is 42.8 Å². The highest BCUT2D eigenvalue weighted by Crippen LogP contribution is 2.26. The quantitative estimate of drug-likeness (QED) is 0.623. The lowest BCUT2D eigenvalue weighted by Crippen LogP contribution is -2.49. The molecule has 0 aliphatic carbocycles. The number of thiophene rings is 1. The minimum absolute atomic E-state index is 0.145. The number of rotatable bonds is 7. The first-order valence-corrected chi connectivity index (χ1v) is 11.7. The van der Waals surface area contributed by atoms with Crippen LogP contribution in [-0.4, -0.2) is 55.7 Å². The SMILES string of the molecule is CN(Cc1cccs1)C(=O)COC(=O)C1CCCCN1S(=O)(=O)c1ccccc1. The molecule has 2 heterocycles. The first-order chi connectivity index (χ1) is 13.9. The molecule has 156 valence electrons. The van der Waals surface area contributed by atoms with E-state index >= 15 is 0 Å².